The molecular formula is C24H20FN5O5S. The Labute approximate surface area is 208 Å². The van der Waals surface area contributed by atoms with Crippen LogP contribution in [0.4, 0.5) is 9.52 Å². The van der Waals surface area contributed by atoms with Gasteiger partial charge in [-0.15, -0.1) is 10.2 Å². The number of likely N-dealkylation sites (tertiary alicyclic amines) is 1. The number of carbonyl (C=O) groups excluding carboxylic acids is 2. The Hall–Kier alpha value is -4.32. The number of anilines is 1. The SMILES string of the molecule is Cc1nnc(-c2ccc(Oc3cc(OC4CCN(C)C4=O)cc(C(=O)Nc4ncc(F)s4)c3)cc2)o1. The fraction of sp³-hybridized carbons (Fsp3) is 0.208. The molecule has 2 aromatic heterocycles. The van der Waals surface area contributed by atoms with E-state index >= 15 is 0 Å². The van der Waals surface area contributed by atoms with Crippen molar-refractivity contribution in [3.8, 4) is 28.7 Å². The van der Waals surface area contributed by atoms with E-state index in [0.29, 0.717) is 47.6 Å². The summed E-state index contributed by atoms with van der Waals surface area (Å²) in [6.07, 6.45) is 0.888. The van der Waals surface area contributed by atoms with Crippen LogP contribution in [0.5, 0.6) is 17.2 Å². The van der Waals surface area contributed by atoms with E-state index in [9.17, 15) is 14.0 Å². The minimum Gasteiger partial charge on any atom is -0.480 e. The number of rotatable bonds is 7. The van der Waals surface area contributed by atoms with Gasteiger partial charge in [-0.05, 0) is 36.4 Å². The van der Waals surface area contributed by atoms with Gasteiger partial charge >= 0.3 is 0 Å². The average molecular weight is 510 g/mol. The third-order valence-electron chi connectivity index (χ3n) is 5.36. The molecule has 3 heterocycles. The number of aromatic nitrogens is 3. The van der Waals surface area contributed by atoms with Gasteiger partial charge in [0.1, 0.15) is 17.2 Å². The molecular weight excluding hydrogens is 489 g/mol. The Bertz CT molecular complexity index is 1420. The second-order valence-corrected chi connectivity index (χ2v) is 9.01. The molecule has 12 heteroatoms. The number of halogens is 1. The normalized spacial score (nSPS) is 15.2. The van der Waals surface area contributed by atoms with Crippen LogP contribution in [0.2, 0.25) is 0 Å². The molecule has 1 atom stereocenters. The fourth-order valence-electron chi connectivity index (χ4n) is 3.59. The largest absolute Gasteiger partial charge is 0.480 e. The van der Waals surface area contributed by atoms with Crippen molar-refractivity contribution in [2.24, 2.45) is 0 Å². The number of nitrogens with one attached hydrogen (secondary N) is 1. The smallest absolute Gasteiger partial charge is 0.263 e. The molecule has 4 aromatic rings. The van der Waals surface area contributed by atoms with Crippen molar-refractivity contribution in [3.63, 3.8) is 0 Å². The van der Waals surface area contributed by atoms with E-state index in [1.807, 2.05) is 0 Å². The number of amides is 2. The van der Waals surface area contributed by atoms with Gasteiger partial charge in [-0.25, -0.2) is 4.98 Å². The molecule has 1 fully saturated rings. The molecule has 0 saturated carbocycles. The van der Waals surface area contributed by atoms with Crippen LogP contribution < -0.4 is 14.8 Å². The maximum absolute atomic E-state index is 13.3. The molecule has 5 rings (SSSR count). The minimum atomic E-state index is -0.661. The Balaban J connectivity index is 1.40. The van der Waals surface area contributed by atoms with E-state index in [4.69, 9.17) is 13.9 Å². The molecule has 1 aliphatic rings. The van der Waals surface area contributed by atoms with E-state index in [-0.39, 0.29) is 22.4 Å². The molecule has 0 aliphatic carbocycles. The first-order chi connectivity index (χ1) is 17.3. The lowest BCUT2D eigenvalue weighted by atomic mass is 10.1. The third kappa shape index (κ3) is 5.18. The van der Waals surface area contributed by atoms with Crippen LogP contribution >= 0.6 is 11.3 Å². The van der Waals surface area contributed by atoms with Crippen LogP contribution in [0.1, 0.15) is 22.7 Å². The van der Waals surface area contributed by atoms with Crippen LogP contribution in [0.15, 0.2) is 53.1 Å². The van der Waals surface area contributed by atoms with Crippen molar-refractivity contribution in [2.75, 3.05) is 18.9 Å². The Morgan fingerprint density at radius 1 is 1.17 bits per heavy atom. The Kier molecular flexibility index (Phi) is 6.34. The van der Waals surface area contributed by atoms with E-state index < -0.39 is 17.1 Å². The molecule has 10 nitrogen and oxygen atoms in total. The summed E-state index contributed by atoms with van der Waals surface area (Å²) in [7, 11) is 1.70. The first-order valence-corrected chi connectivity index (χ1v) is 11.7. The van der Waals surface area contributed by atoms with Gasteiger partial charge in [-0.3, -0.25) is 14.9 Å². The first-order valence-electron chi connectivity index (χ1n) is 10.9. The number of aryl methyl sites for hydroxylation is 1. The van der Waals surface area contributed by atoms with E-state index in [1.54, 1.807) is 49.2 Å². The molecule has 1 aliphatic heterocycles. The van der Waals surface area contributed by atoms with Crippen molar-refractivity contribution < 1.29 is 27.9 Å². The van der Waals surface area contributed by atoms with Crippen molar-refractivity contribution >= 4 is 28.3 Å². The average Bonchev–Trinajstić information content (AvgIpc) is 3.56. The lowest BCUT2D eigenvalue weighted by Crippen LogP contribution is -2.29. The molecule has 0 spiro atoms. The van der Waals surface area contributed by atoms with Crippen molar-refractivity contribution in [1.29, 1.82) is 0 Å². The minimum absolute atomic E-state index is 0.116. The van der Waals surface area contributed by atoms with Crippen molar-refractivity contribution in [2.45, 2.75) is 19.4 Å². The molecule has 1 saturated heterocycles. The third-order valence-corrected chi connectivity index (χ3v) is 6.06. The number of thiazole rings is 1. The summed E-state index contributed by atoms with van der Waals surface area (Å²) in [5, 5.41) is 9.96. The van der Waals surface area contributed by atoms with Gasteiger partial charge in [-0.1, -0.05) is 11.3 Å². The highest BCUT2D eigenvalue weighted by Crippen LogP contribution is 2.31. The van der Waals surface area contributed by atoms with Crippen molar-refractivity contribution in [1.82, 2.24) is 20.1 Å². The Morgan fingerprint density at radius 3 is 2.58 bits per heavy atom. The number of ether oxygens (including phenoxy) is 2. The number of likely N-dealkylation sites (N-methyl/N-ethyl adjacent to an activating group) is 1. The molecule has 184 valence electrons. The second-order valence-electron chi connectivity index (χ2n) is 8.02. The summed E-state index contributed by atoms with van der Waals surface area (Å²) in [5.74, 6) is 1.25. The number of carbonyl (C=O) groups is 2. The summed E-state index contributed by atoms with van der Waals surface area (Å²) in [4.78, 5) is 30.6. The highest BCUT2D eigenvalue weighted by atomic mass is 32.1. The van der Waals surface area contributed by atoms with Gasteiger partial charge in [0.25, 0.3) is 11.8 Å². The Morgan fingerprint density at radius 2 is 1.94 bits per heavy atom. The number of benzene rings is 2. The van der Waals surface area contributed by atoms with Crippen LogP contribution in [-0.2, 0) is 4.79 Å². The summed E-state index contributed by atoms with van der Waals surface area (Å²) in [6.45, 7) is 2.29. The summed E-state index contributed by atoms with van der Waals surface area (Å²) < 4.78 is 30.6. The maximum atomic E-state index is 13.3. The monoisotopic (exact) mass is 509 g/mol. The second kappa shape index (κ2) is 9.74. The highest BCUT2D eigenvalue weighted by molar-refractivity contribution is 7.14. The number of hydrogen-bond donors (Lipinski definition) is 1. The molecule has 1 N–H and O–H groups in total. The fourth-order valence-corrected chi connectivity index (χ4v) is 4.13. The van der Waals surface area contributed by atoms with Gasteiger partial charge in [-0.2, -0.15) is 4.39 Å². The summed E-state index contributed by atoms with van der Waals surface area (Å²) >= 11 is 0.710. The molecule has 1 unspecified atom stereocenters. The molecule has 0 bridgehead atoms. The predicted octanol–water partition coefficient (Wildman–Crippen LogP) is 4.29. The molecule has 36 heavy (non-hydrogen) atoms. The zero-order chi connectivity index (χ0) is 25.2. The van der Waals surface area contributed by atoms with E-state index in [2.05, 4.69) is 20.5 Å². The van der Waals surface area contributed by atoms with Gasteiger partial charge in [0.15, 0.2) is 16.4 Å². The summed E-state index contributed by atoms with van der Waals surface area (Å²) in [5.41, 5.74) is 0.912. The zero-order valence-corrected chi connectivity index (χ0v) is 20.0. The van der Waals surface area contributed by atoms with Gasteiger partial charge in [0.05, 0.1) is 6.20 Å². The predicted molar refractivity (Wildman–Crippen MR) is 128 cm³/mol. The quantitative estimate of drug-likeness (QED) is 0.392. The number of hydrogen-bond acceptors (Lipinski definition) is 9. The van der Waals surface area contributed by atoms with Crippen LogP contribution in [-0.4, -0.2) is 51.6 Å². The highest BCUT2D eigenvalue weighted by Gasteiger charge is 2.31. The van der Waals surface area contributed by atoms with Crippen LogP contribution in [0.3, 0.4) is 0 Å². The van der Waals surface area contributed by atoms with E-state index in [1.165, 1.54) is 12.1 Å². The van der Waals surface area contributed by atoms with Gasteiger partial charge in [0, 0.05) is 44.1 Å². The summed E-state index contributed by atoms with van der Waals surface area (Å²) in [6, 6.07) is 11.6. The van der Waals surface area contributed by atoms with Gasteiger partial charge in [0.2, 0.25) is 11.8 Å². The lowest BCUT2D eigenvalue weighted by Gasteiger charge is -2.15. The molecule has 2 aromatic carbocycles. The van der Waals surface area contributed by atoms with Crippen LogP contribution in [0, 0.1) is 12.1 Å². The maximum Gasteiger partial charge on any atom is 0.263 e. The van der Waals surface area contributed by atoms with Gasteiger partial charge < -0.3 is 18.8 Å². The molecule has 2 amide bonds. The first kappa shape index (κ1) is 23.4. The number of nitrogens with zero attached hydrogens (tertiary/aromatic N) is 4. The van der Waals surface area contributed by atoms with Crippen molar-refractivity contribution in [3.05, 3.63) is 65.2 Å². The van der Waals surface area contributed by atoms with Crippen LogP contribution in [0.25, 0.3) is 11.5 Å². The topological polar surface area (TPSA) is 120 Å². The van der Waals surface area contributed by atoms with E-state index in [0.717, 1.165) is 11.8 Å². The lowest BCUT2D eigenvalue weighted by molar-refractivity contribution is -0.132. The zero-order valence-electron chi connectivity index (χ0n) is 19.2. The standard InChI is InChI=1S/C24H20FN5O5S/c1-13-28-29-22(33-13)14-3-5-16(6-4-14)34-17-9-15(21(31)27-24-26-12-20(25)36-24)10-18(11-17)35-19-7-8-30(2)23(19)32/h3-6,9-12,19H,7-8H2,1-2H3,(H,26,27,31). The molecule has 0 radical (unpaired) electrons.